The van der Waals surface area contributed by atoms with Gasteiger partial charge in [0.2, 0.25) is 10.0 Å². The first-order valence-electron chi connectivity index (χ1n) is 11.8. The first-order valence-corrected chi connectivity index (χ1v) is 13.3. The highest BCUT2D eigenvalue weighted by Crippen LogP contribution is 2.43. The number of anilines is 1. The smallest absolute Gasteiger partial charge is 0.242 e. The van der Waals surface area contributed by atoms with Crippen LogP contribution in [0.3, 0.4) is 0 Å². The van der Waals surface area contributed by atoms with Gasteiger partial charge in [-0.3, -0.25) is 4.57 Å². The Kier molecular flexibility index (Phi) is 5.03. The number of aryl methyl sites for hydroxylation is 1. The minimum Gasteiger partial charge on any atom is -0.381 e. The Morgan fingerprint density at radius 1 is 1.14 bits per heavy atom. The van der Waals surface area contributed by atoms with Crippen LogP contribution in [0, 0.1) is 18.6 Å². The third-order valence-electron chi connectivity index (χ3n) is 7.08. The van der Waals surface area contributed by atoms with Crippen LogP contribution in [0.25, 0.3) is 27.7 Å². The number of rotatable bonds is 3. The first kappa shape index (κ1) is 23.1. The van der Waals surface area contributed by atoms with Gasteiger partial charge in [0.05, 0.1) is 27.6 Å². The van der Waals surface area contributed by atoms with Crippen molar-refractivity contribution >= 4 is 26.6 Å². The van der Waals surface area contributed by atoms with Crippen molar-refractivity contribution in [2.75, 3.05) is 18.5 Å². The Morgan fingerprint density at radius 3 is 2.64 bits per heavy atom. The summed E-state index contributed by atoms with van der Waals surface area (Å²) in [6, 6.07) is 7.73. The average Bonchev–Trinajstić information content (AvgIpc) is 3.45. The summed E-state index contributed by atoms with van der Waals surface area (Å²) in [6.45, 7) is 6.21. The second-order valence-corrected chi connectivity index (χ2v) is 11.9. The number of fused-ring (bicyclic) bond motifs is 4. The van der Waals surface area contributed by atoms with Gasteiger partial charge < -0.3 is 10.1 Å². The van der Waals surface area contributed by atoms with Gasteiger partial charge in [0, 0.05) is 30.9 Å². The van der Waals surface area contributed by atoms with Crippen molar-refractivity contribution in [2.45, 2.75) is 44.4 Å². The van der Waals surface area contributed by atoms with E-state index in [2.05, 4.69) is 15.5 Å². The number of hydrogen-bond acceptors (Lipinski definition) is 6. The summed E-state index contributed by atoms with van der Waals surface area (Å²) in [7, 11) is -3.71. The third kappa shape index (κ3) is 3.22. The van der Waals surface area contributed by atoms with E-state index in [-0.39, 0.29) is 16.8 Å². The molecule has 2 aliphatic heterocycles. The van der Waals surface area contributed by atoms with Crippen LogP contribution in [0.15, 0.2) is 36.5 Å². The number of halogens is 2. The van der Waals surface area contributed by atoms with Crippen molar-refractivity contribution in [3.05, 3.63) is 59.8 Å². The molecule has 0 atom stereocenters. The molecule has 1 N–H and O–H groups in total. The summed E-state index contributed by atoms with van der Waals surface area (Å²) in [5.74, 6) is -0.541. The fraction of sp³-hybridized carbons (Fsp3) is 0.360. The molecule has 4 heterocycles. The topological polar surface area (TPSA) is 91.0 Å². The predicted octanol–water partition coefficient (Wildman–Crippen LogP) is 4.49. The van der Waals surface area contributed by atoms with E-state index in [0.717, 1.165) is 0 Å². The molecule has 0 spiro atoms. The molecule has 0 radical (unpaired) electrons. The number of aromatic nitrogens is 4. The van der Waals surface area contributed by atoms with Crippen molar-refractivity contribution in [1.29, 1.82) is 0 Å². The van der Waals surface area contributed by atoms with Crippen molar-refractivity contribution < 1.29 is 21.9 Å². The zero-order valence-corrected chi connectivity index (χ0v) is 20.9. The first-order chi connectivity index (χ1) is 17.1. The largest absolute Gasteiger partial charge is 0.381 e. The predicted molar refractivity (Wildman–Crippen MR) is 132 cm³/mol. The molecule has 1 fully saturated rings. The standard InChI is InChI=1S/C25H25F2N5O3S/c1-14-29-30-24-25(2,3)28-19-13-18(26)21(22(27)23(19)32(14)24)17-5-4-6-20-16(17)7-10-31(20)36(33,34)15-8-11-35-12-9-15/h4-7,10,13,15,28H,8-9,11-12H2,1-3H3. The average molecular weight is 514 g/mol. The lowest BCUT2D eigenvalue weighted by Gasteiger charge is -2.34. The Bertz CT molecular complexity index is 1640. The van der Waals surface area contributed by atoms with Gasteiger partial charge in [-0.05, 0) is 51.3 Å². The van der Waals surface area contributed by atoms with E-state index in [1.165, 1.54) is 16.2 Å². The lowest BCUT2D eigenvalue weighted by molar-refractivity contribution is 0.0982. The summed E-state index contributed by atoms with van der Waals surface area (Å²) >= 11 is 0. The number of ether oxygens (including phenoxy) is 1. The molecule has 0 bridgehead atoms. The number of nitrogens with zero attached hydrogens (tertiary/aromatic N) is 4. The summed E-state index contributed by atoms with van der Waals surface area (Å²) in [6.07, 6.45) is 2.26. The SMILES string of the molecule is Cc1nnc2n1-c1c(cc(F)c(-c3cccc4c3ccn4S(=O)(=O)C3CCOCC3)c1F)NC2(C)C. The van der Waals surface area contributed by atoms with Crippen LogP contribution >= 0.6 is 0 Å². The van der Waals surface area contributed by atoms with Crippen molar-refractivity contribution in [1.82, 2.24) is 18.7 Å². The summed E-state index contributed by atoms with van der Waals surface area (Å²) in [4.78, 5) is 0. The van der Waals surface area contributed by atoms with Crippen LogP contribution < -0.4 is 5.32 Å². The van der Waals surface area contributed by atoms with E-state index in [1.54, 1.807) is 35.8 Å². The molecule has 0 saturated carbocycles. The highest BCUT2D eigenvalue weighted by molar-refractivity contribution is 7.90. The summed E-state index contributed by atoms with van der Waals surface area (Å²) < 4.78 is 66.7. The molecule has 0 amide bonds. The maximum Gasteiger partial charge on any atom is 0.242 e. The molecule has 8 nitrogen and oxygen atoms in total. The molecule has 4 aromatic rings. The van der Waals surface area contributed by atoms with Crippen LogP contribution in [0.2, 0.25) is 0 Å². The fourth-order valence-electron chi connectivity index (χ4n) is 5.31. The number of hydrogen-bond donors (Lipinski definition) is 1. The van der Waals surface area contributed by atoms with E-state index in [1.807, 2.05) is 13.8 Å². The maximum absolute atomic E-state index is 16.3. The summed E-state index contributed by atoms with van der Waals surface area (Å²) in [5.41, 5.74) is 0.139. The van der Waals surface area contributed by atoms with Gasteiger partial charge in [-0.25, -0.2) is 21.2 Å². The molecule has 36 heavy (non-hydrogen) atoms. The molecule has 2 aliphatic rings. The molecule has 188 valence electrons. The van der Waals surface area contributed by atoms with Crippen LogP contribution in [0.4, 0.5) is 14.5 Å². The third-order valence-corrected chi connectivity index (χ3v) is 9.26. The van der Waals surface area contributed by atoms with E-state index in [0.29, 0.717) is 54.3 Å². The Morgan fingerprint density at radius 2 is 1.89 bits per heavy atom. The van der Waals surface area contributed by atoms with Crippen molar-refractivity contribution in [3.63, 3.8) is 0 Å². The maximum atomic E-state index is 16.3. The van der Waals surface area contributed by atoms with Gasteiger partial charge in [0.15, 0.2) is 11.6 Å². The minimum absolute atomic E-state index is 0.134. The Hall–Kier alpha value is -3.31. The van der Waals surface area contributed by atoms with Gasteiger partial charge in [-0.1, -0.05) is 12.1 Å². The lowest BCUT2D eigenvalue weighted by Crippen LogP contribution is -2.36. The normalized spacial score (nSPS) is 17.6. The highest BCUT2D eigenvalue weighted by Gasteiger charge is 2.37. The fourth-order valence-corrected chi connectivity index (χ4v) is 7.09. The van der Waals surface area contributed by atoms with Gasteiger partial charge in [0.1, 0.15) is 17.3 Å². The quantitative estimate of drug-likeness (QED) is 0.434. The molecule has 2 aromatic heterocycles. The lowest BCUT2D eigenvalue weighted by atomic mass is 9.95. The second kappa shape index (κ2) is 7.84. The Balaban J connectivity index is 1.55. The highest BCUT2D eigenvalue weighted by atomic mass is 32.2. The van der Waals surface area contributed by atoms with Gasteiger partial charge >= 0.3 is 0 Å². The van der Waals surface area contributed by atoms with E-state index < -0.39 is 32.4 Å². The zero-order valence-electron chi connectivity index (χ0n) is 20.0. The molecule has 2 aromatic carbocycles. The van der Waals surface area contributed by atoms with E-state index in [9.17, 15) is 8.42 Å². The summed E-state index contributed by atoms with van der Waals surface area (Å²) in [5, 5.41) is 11.4. The molecule has 1 saturated heterocycles. The Labute approximate surface area is 207 Å². The van der Waals surface area contributed by atoms with Crippen LogP contribution in [0.1, 0.15) is 38.3 Å². The number of nitrogens with one attached hydrogen (secondary N) is 1. The second-order valence-electron chi connectivity index (χ2n) is 9.81. The number of benzene rings is 2. The van der Waals surface area contributed by atoms with E-state index >= 15 is 8.78 Å². The molecular weight excluding hydrogens is 488 g/mol. The molecule has 0 aliphatic carbocycles. The van der Waals surface area contributed by atoms with Crippen LogP contribution in [0.5, 0.6) is 0 Å². The van der Waals surface area contributed by atoms with Crippen molar-refractivity contribution in [3.8, 4) is 16.8 Å². The van der Waals surface area contributed by atoms with E-state index in [4.69, 9.17) is 4.74 Å². The minimum atomic E-state index is -3.71. The van der Waals surface area contributed by atoms with Gasteiger partial charge in [-0.2, -0.15) is 0 Å². The molecule has 6 rings (SSSR count). The van der Waals surface area contributed by atoms with Crippen LogP contribution in [-0.2, 0) is 20.3 Å². The molecular formula is C25H25F2N5O3S. The van der Waals surface area contributed by atoms with Crippen LogP contribution in [-0.4, -0.2) is 45.6 Å². The van der Waals surface area contributed by atoms with Gasteiger partial charge in [-0.15, -0.1) is 10.2 Å². The van der Waals surface area contributed by atoms with Crippen molar-refractivity contribution in [2.24, 2.45) is 0 Å². The monoisotopic (exact) mass is 513 g/mol. The molecule has 0 unspecified atom stereocenters. The zero-order chi connectivity index (χ0) is 25.4. The molecule has 11 heteroatoms. The van der Waals surface area contributed by atoms with Gasteiger partial charge in [0.25, 0.3) is 0 Å².